The molecule has 102 valence electrons. The number of fused-ring (bicyclic) bond motifs is 1. The summed E-state index contributed by atoms with van der Waals surface area (Å²) in [6.07, 6.45) is 6.91. The molecule has 3 nitrogen and oxygen atoms in total. The number of nitrogens with zero attached hydrogens (tertiary/aromatic N) is 2. The molecule has 0 spiro atoms. The van der Waals surface area contributed by atoms with Gasteiger partial charge in [-0.3, -0.25) is 4.98 Å². The SMILES string of the molecule is C#CCNc1ccc2ncc(-c3ccc(F)cc3)nc2c1. The highest BCUT2D eigenvalue weighted by Crippen LogP contribution is 2.21. The first-order valence-electron chi connectivity index (χ1n) is 6.46. The molecule has 0 saturated carbocycles. The first kappa shape index (κ1) is 13.1. The molecular formula is C17H12FN3. The molecule has 0 fully saturated rings. The van der Waals surface area contributed by atoms with Gasteiger partial charge in [0.15, 0.2) is 0 Å². The molecule has 0 bridgehead atoms. The lowest BCUT2D eigenvalue weighted by Gasteiger charge is -2.06. The van der Waals surface area contributed by atoms with E-state index in [0.29, 0.717) is 12.2 Å². The number of nitrogens with one attached hydrogen (secondary N) is 1. The van der Waals surface area contributed by atoms with Gasteiger partial charge in [-0.2, -0.15) is 0 Å². The van der Waals surface area contributed by atoms with Gasteiger partial charge in [-0.1, -0.05) is 5.92 Å². The quantitative estimate of drug-likeness (QED) is 0.745. The minimum Gasteiger partial charge on any atom is -0.374 e. The van der Waals surface area contributed by atoms with Crippen LogP contribution in [-0.2, 0) is 0 Å². The normalized spacial score (nSPS) is 10.3. The average molecular weight is 277 g/mol. The lowest BCUT2D eigenvalue weighted by atomic mass is 10.1. The summed E-state index contributed by atoms with van der Waals surface area (Å²) in [6, 6.07) is 11.9. The molecule has 21 heavy (non-hydrogen) atoms. The molecule has 3 rings (SSSR count). The molecule has 0 saturated heterocycles. The lowest BCUT2D eigenvalue weighted by molar-refractivity contribution is 0.628. The Bertz CT molecular complexity index is 820. The number of halogens is 1. The highest BCUT2D eigenvalue weighted by Gasteiger charge is 2.04. The summed E-state index contributed by atoms with van der Waals surface area (Å²) in [7, 11) is 0. The fourth-order valence-electron chi connectivity index (χ4n) is 2.03. The number of rotatable bonds is 3. The van der Waals surface area contributed by atoms with Crippen molar-refractivity contribution in [2.45, 2.75) is 0 Å². The van der Waals surface area contributed by atoms with Crippen molar-refractivity contribution in [2.24, 2.45) is 0 Å². The Hall–Kier alpha value is -2.93. The molecule has 0 aliphatic carbocycles. The van der Waals surface area contributed by atoms with Gasteiger partial charge in [0.2, 0.25) is 0 Å². The van der Waals surface area contributed by atoms with Crippen LogP contribution >= 0.6 is 0 Å². The minimum absolute atomic E-state index is 0.270. The van der Waals surface area contributed by atoms with Crippen molar-refractivity contribution < 1.29 is 4.39 Å². The van der Waals surface area contributed by atoms with E-state index in [-0.39, 0.29) is 5.82 Å². The van der Waals surface area contributed by atoms with Gasteiger partial charge in [-0.25, -0.2) is 9.37 Å². The van der Waals surface area contributed by atoms with E-state index >= 15 is 0 Å². The smallest absolute Gasteiger partial charge is 0.123 e. The van der Waals surface area contributed by atoms with Crippen molar-refractivity contribution in [1.29, 1.82) is 0 Å². The van der Waals surface area contributed by atoms with E-state index in [0.717, 1.165) is 22.3 Å². The Morgan fingerprint density at radius 3 is 2.67 bits per heavy atom. The lowest BCUT2D eigenvalue weighted by Crippen LogP contribution is -1.98. The molecule has 4 heteroatoms. The van der Waals surface area contributed by atoms with Crippen molar-refractivity contribution in [2.75, 3.05) is 11.9 Å². The van der Waals surface area contributed by atoms with Gasteiger partial charge >= 0.3 is 0 Å². The van der Waals surface area contributed by atoms with E-state index in [4.69, 9.17) is 6.42 Å². The van der Waals surface area contributed by atoms with Crippen LogP contribution in [0.2, 0.25) is 0 Å². The zero-order valence-corrected chi connectivity index (χ0v) is 11.2. The second-order valence-corrected chi connectivity index (χ2v) is 4.52. The Morgan fingerprint density at radius 2 is 1.90 bits per heavy atom. The van der Waals surface area contributed by atoms with Gasteiger partial charge in [0, 0.05) is 11.3 Å². The Morgan fingerprint density at radius 1 is 1.10 bits per heavy atom. The number of aromatic nitrogens is 2. The van der Waals surface area contributed by atoms with Gasteiger partial charge in [-0.15, -0.1) is 6.42 Å². The molecule has 0 unspecified atom stereocenters. The summed E-state index contributed by atoms with van der Waals surface area (Å²) in [6.45, 7) is 0.455. The summed E-state index contributed by atoms with van der Waals surface area (Å²) in [5.74, 6) is 2.25. The molecule has 3 aromatic rings. The molecule has 0 amide bonds. The Balaban J connectivity index is 2.01. The third kappa shape index (κ3) is 2.82. The van der Waals surface area contributed by atoms with E-state index in [1.807, 2.05) is 18.2 Å². The maximum atomic E-state index is 13.0. The van der Waals surface area contributed by atoms with E-state index in [2.05, 4.69) is 21.2 Å². The summed E-state index contributed by atoms with van der Waals surface area (Å²) in [4.78, 5) is 8.94. The molecule has 0 aliphatic heterocycles. The van der Waals surface area contributed by atoms with Crippen LogP contribution in [0.5, 0.6) is 0 Å². The summed E-state index contributed by atoms with van der Waals surface area (Å²) in [5, 5.41) is 3.10. The second-order valence-electron chi connectivity index (χ2n) is 4.52. The number of hydrogen-bond donors (Lipinski definition) is 1. The molecular weight excluding hydrogens is 265 g/mol. The topological polar surface area (TPSA) is 37.8 Å². The number of hydrogen-bond acceptors (Lipinski definition) is 3. The van der Waals surface area contributed by atoms with Gasteiger partial charge < -0.3 is 5.32 Å². The molecule has 1 heterocycles. The first-order valence-corrected chi connectivity index (χ1v) is 6.46. The third-order valence-electron chi connectivity index (χ3n) is 3.08. The van der Waals surface area contributed by atoms with Crippen LogP contribution in [0.4, 0.5) is 10.1 Å². The van der Waals surface area contributed by atoms with E-state index < -0.39 is 0 Å². The predicted octanol–water partition coefficient (Wildman–Crippen LogP) is 3.48. The highest BCUT2D eigenvalue weighted by atomic mass is 19.1. The minimum atomic E-state index is -0.270. The van der Waals surface area contributed by atoms with Crippen LogP contribution in [0.25, 0.3) is 22.3 Å². The summed E-state index contributed by atoms with van der Waals surface area (Å²) >= 11 is 0. The maximum absolute atomic E-state index is 13.0. The first-order chi connectivity index (χ1) is 10.3. The van der Waals surface area contributed by atoms with Crippen molar-refractivity contribution in [3.63, 3.8) is 0 Å². The molecule has 0 radical (unpaired) electrons. The van der Waals surface area contributed by atoms with E-state index in [1.54, 1.807) is 18.3 Å². The third-order valence-corrected chi connectivity index (χ3v) is 3.08. The number of anilines is 1. The average Bonchev–Trinajstić information content (AvgIpc) is 2.53. The van der Waals surface area contributed by atoms with Crippen molar-refractivity contribution in [3.05, 3.63) is 54.5 Å². The highest BCUT2D eigenvalue weighted by molar-refractivity contribution is 5.80. The zero-order chi connectivity index (χ0) is 14.7. The van der Waals surface area contributed by atoms with Crippen molar-refractivity contribution in [3.8, 4) is 23.6 Å². The van der Waals surface area contributed by atoms with E-state index in [9.17, 15) is 4.39 Å². The van der Waals surface area contributed by atoms with Crippen LogP contribution in [0, 0.1) is 18.2 Å². The fraction of sp³-hybridized carbons (Fsp3) is 0.0588. The molecule has 1 aromatic heterocycles. The van der Waals surface area contributed by atoms with E-state index in [1.165, 1.54) is 12.1 Å². The van der Waals surface area contributed by atoms with Gasteiger partial charge in [0.25, 0.3) is 0 Å². The van der Waals surface area contributed by atoms with Crippen LogP contribution in [-0.4, -0.2) is 16.5 Å². The summed E-state index contributed by atoms with van der Waals surface area (Å²) < 4.78 is 13.0. The van der Waals surface area contributed by atoms with Crippen molar-refractivity contribution >= 4 is 16.7 Å². The maximum Gasteiger partial charge on any atom is 0.123 e. The Labute approximate surface area is 121 Å². The molecule has 1 N–H and O–H groups in total. The van der Waals surface area contributed by atoms with Crippen LogP contribution in [0.1, 0.15) is 0 Å². The molecule has 2 aromatic carbocycles. The number of terminal acetylenes is 1. The van der Waals surface area contributed by atoms with Crippen LogP contribution < -0.4 is 5.32 Å². The molecule has 0 atom stereocenters. The van der Waals surface area contributed by atoms with Gasteiger partial charge in [-0.05, 0) is 42.5 Å². The second kappa shape index (κ2) is 5.59. The fourth-order valence-corrected chi connectivity index (χ4v) is 2.03. The molecule has 0 aliphatic rings. The monoisotopic (exact) mass is 277 g/mol. The zero-order valence-electron chi connectivity index (χ0n) is 11.2. The standard InChI is InChI=1S/C17H12FN3/c1-2-9-19-14-7-8-15-16(10-14)21-17(11-20-15)12-3-5-13(18)6-4-12/h1,3-8,10-11,19H,9H2. The van der Waals surface area contributed by atoms with Gasteiger partial charge in [0.05, 0.1) is 29.5 Å². The summed E-state index contributed by atoms with van der Waals surface area (Å²) in [5.41, 5.74) is 3.99. The predicted molar refractivity (Wildman–Crippen MR) is 82.3 cm³/mol. The Kier molecular flexibility index (Phi) is 3.48. The van der Waals surface area contributed by atoms with Crippen molar-refractivity contribution in [1.82, 2.24) is 9.97 Å². The largest absolute Gasteiger partial charge is 0.374 e. The van der Waals surface area contributed by atoms with Crippen LogP contribution in [0.3, 0.4) is 0 Å². The van der Waals surface area contributed by atoms with Gasteiger partial charge in [0.1, 0.15) is 5.82 Å². The van der Waals surface area contributed by atoms with Crippen LogP contribution in [0.15, 0.2) is 48.7 Å². The number of benzene rings is 2.